The zero-order valence-electron chi connectivity index (χ0n) is 3.96. The number of amides is 1. The number of carboxylic acid groups (broad SMARTS) is 1. The number of nitrogens with one attached hydrogen (secondary N) is 2. The van der Waals surface area contributed by atoms with Gasteiger partial charge in [-0.15, -0.1) is 5.53 Å². The predicted molar refractivity (Wildman–Crippen MR) is 25.3 cm³/mol. The minimum absolute atomic E-state index is 0.903. The monoisotopic (exact) mass is 115 g/mol. The molecule has 0 aromatic heterocycles. The third-order valence-electron chi connectivity index (χ3n) is 0.698. The second-order valence-electron chi connectivity index (χ2n) is 1.22. The summed E-state index contributed by atoms with van der Waals surface area (Å²) in [5.41, 5.74) is 4.80. The lowest BCUT2D eigenvalue weighted by atomic mass is 10.9. The molecule has 5 nitrogen and oxygen atoms in total. The van der Waals surface area contributed by atoms with Crippen LogP contribution in [0.25, 0.3) is 0 Å². The molecule has 1 aliphatic rings. The predicted octanol–water partition coefficient (Wildman–Crippen LogP) is -0.540. The van der Waals surface area contributed by atoms with Crippen LogP contribution in [-0.2, 0) is 0 Å². The molecule has 0 aliphatic carbocycles. The van der Waals surface area contributed by atoms with Crippen LogP contribution in [0.4, 0.5) is 4.79 Å². The normalized spacial score (nSPS) is 16.2. The van der Waals surface area contributed by atoms with Crippen LogP contribution in [0.5, 0.6) is 0 Å². The molecular weight excluding hydrogens is 110 g/mol. The molecular formula is C3H5N3O2. The molecule has 0 atom stereocenters. The van der Waals surface area contributed by atoms with Crippen molar-refractivity contribution in [2.45, 2.75) is 0 Å². The Morgan fingerprint density at radius 2 is 2.50 bits per heavy atom. The third kappa shape index (κ3) is 0.710. The van der Waals surface area contributed by atoms with Crippen LogP contribution in [0.1, 0.15) is 0 Å². The summed E-state index contributed by atoms with van der Waals surface area (Å²) in [6.45, 7) is 0. The summed E-state index contributed by atoms with van der Waals surface area (Å²) < 4.78 is 0. The van der Waals surface area contributed by atoms with Gasteiger partial charge in [0.25, 0.3) is 0 Å². The smallest absolute Gasteiger partial charge is 0.427 e. The van der Waals surface area contributed by atoms with E-state index in [2.05, 4.69) is 11.0 Å². The fraction of sp³-hybridized carbons (Fsp3) is 0. The second-order valence-corrected chi connectivity index (χ2v) is 1.22. The Balaban J connectivity index is 2.48. The minimum Gasteiger partial charge on any atom is -0.464 e. The van der Waals surface area contributed by atoms with Gasteiger partial charge in [0.2, 0.25) is 0 Å². The summed E-state index contributed by atoms with van der Waals surface area (Å²) in [4.78, 5) is 9.97. The van der Waals surface area contributed by atoms with Crippen molar-refractivity contribution in [3.8, 4) is 0 Å². The molecule has 8 heavy (non-hydrogen) atoms. The lowest BCUT2D eigenvalue weighted by molar-refractivity contribution is 0.145. The molecule has 0 aromatic rings. The maximum Gasteiger partial charge on any atom is 0.427 e. The number of carbonyl (C=O) groups is 1. The number of rotatable bonds is 0. The standard InChI is InChI=1S/C3H5N3O2/c7-3(8)6-2-1-4-5-6/h1-2,4-5H,(H,7,8). The van der Waals surface area contributed by atoms with Gasteiger partial charge in [0.15, 0.2) is 0 Å². The average molecular weight is 115 g/mol. The fourth-order valence-corrected chi connectivity index (χ4v) is 0.367. The molecule has 0 aromatic carbocycles. The van der Waals surface area contributed by atoms with Gasteiger partial charge in [-0.05, 0) is 0 Å². The highest BCUT2D eigenvalue weighted by molar-refractivity contribution is 5.65. The minimum atomic E-state index is -1.04. The van der Waals surface area contributed by atoms with Crippen molar-refractivity contribution in [3.05, 3.63) is 12.4 Å². The van der Waals surface area contributed by atoms with Gasteiger partial charge in [0.1, 0.15) is 0 Å². The van der Waals surface area contributed by atoms with Crippen LogP contribution in [0.3, 0.4) is 0 Å². The van der Waals surface area contributed by atoms with E-state index >= 15 is 0 Å². The summed E-state index contributed by atoms with van der Waals surface area (Å²) in [6, 6.07) is 0. The van der Waals surface area contributed by atoms with Gasteiger partial charge < -0.3 is 10.5 Å². The summed E-state index contributed by atoms with van der Waals surface area (Å²) in [5, 5.41) is 9.09. The van der Waals surface area contributed by atoms with Gasteiger partial charge in [-0.1, -0.05) is 0 Å². The Morgan fingerprint density at radius 3 is 2.75 bits per heavy atom. The molecule has 0 bridgehead atoms. The van der Waals surface area contributed by atoms with E-state index in [4.69, 9.17) is 5.11 Å². The van der Waals surface area contributed by atoms with Crippen LogP contribution in [-0.4, -0.2) is 16.2 Å². The molecule has 0 radical (unpaired) electrons. The Hall–Kier alpha value is -1.23. The quantitative estimate of drug-likeness (QED) is 0.396. The molecule has 0 saturated heterocycles. The largest absolute Gasteiger partial charge is 0.464 e. The van der Waals surface area contributed by atoms with Gasteiger partial charge >= 0.3 is 6.09 Å². The van der Waals surface area contributed by atoms with E-state index in [1.165, 1.54) is 12.4 Å². The van der Waals surface area contributed by atoms with Crippen molar-refractivity contribution in [2.75, 3.05) is 0 Å². The molecule has 5 heteroatoms. The Kier molecular flexibility index (Phi) is 1.05. The van der Waals surface area contributed by atoms with E-state index < -0.39 is 6.09 Å². The molecule has 1 amide bonds. The summed E-state index contributed by atoms with van der Waals surface area (Å²) >= 11 is 0. The zero-order chi connectivity index (χ0) is 5.98. The topological polar surface area (TPSA) is 64.6 Å². The van der Waals surface area contributed by atoms with Gasteiger partial charge in [-0.2, -0.15) is 5.01 Å². The molecule has 0 spiro atoms. The fourth-order valence-electron chi connectivity index (χ4n) is 0.367. The molecule has 0 saturated carbocycles. The van der Waals surface area contributed by atoms with Gasteiger partial charge in [0.05, 0.1) is 0 Å². The van der Waals surface area contributed by atoms with E-state index in [9.17, 15) is 4.79 Å². The van der Waals surface area contributed by atoms with Gasteiger partial charge in [-0.25, -0.2) is 4.79 Å². The number of nitrogens with zero attached hydrogens (tertiary/aromatic N) is 1. The Bertz CT molecular complexity index is 132. The average Bonchev–Trinajstić information content (AvgIpc) is 2.12. The Labute approximate surface area is 45.5 Å². The summed E-state index contributed by atoms with van der Waals surface area (Å²) in [6.07, 6.45) is 1.81. The SMILES string of the molecule is O=C(O)N1C=CNN1. The molecule has 0 fully saturated rings. The van der Waals surface area contributed by atoms with Crippen molar-refractivity contribution in [1.82, 2.24) is 16.0 Å². The van der Waals surface area contributed by atoms with E-state index in [0.29, 0.717) is 0 Å². The van der Waals surface area contributed by atoms with Gasteiger partial charge in [-0.3, -0.25) is 0 Å². The van der Waals surface area contributed by atoms with Crippen molar-refractivity contribution < 1.29 is 9.90 Å². The highest BCUT2D eigenvalue weighted by atomic mass is 16.4. The van der Waals surface area contributed by atoms with Crippen molar-refractivity contribution in [2.24, 2.45) is 0 Å². The lowest BCUT2D eigenvalue weighted by Gasteiger charge is -2.06. The highest BCUT2D eigenvalue weighted by Crippen LogP contribution is 1.86. The summed E-state index contributed by atoms with van der Waals surface area (Å²) in [7, 11) is 0. The van der Waals surface area contributed by atoms with Crippen molar-refractivity contribution in [3.63, 3.8) is 0 Å². The number of hydrazine groups is 2. The molecule has 1 aliphatic heterocycles. The first kappa shape index (κ1) is 4.92. The molecule has 1 heterocycles. The van der Waals surface area contributed by atoms with Crippen molar-refractivity contribution in [1.29, 1.82) is 0 Å². The first-order valence-corrected chi connectivity index (χ1v) is 2.01. The molecule has 1 rings (SSSR count). The Morgan fingerprint density at radius 1 is 1.75 bits per heavy atom. The maximum absolute atomic E-state index is 9.97. The molecule has 44 valence electrons. The van der Waals surface area contributed by atoms with Gasteiger partial charge in [0, 0.05) is 12.4 Å². The van der Waals surface area contributed by atoms with E-state index in [1.807, 2.05) is 0 Å². The van der Waals surface area contributed by atoms with E-state index in [-0.39, 0.29) is 0 Å². The third-order valence-corrected chi connectivity index (χ3v) is 0.698. The van der Waals surface area contributed by atoms with Crippen LogP contribution in [0.15, 0.2) is 12.4 Å². The van der Waals surface area contributed by atoms with Crippen LogP contribution >= 0.6 is 0 Å². The number of hydrogen-bond donors (Lipinski definition) is 3. The zero-order valence-corrected chi connectivity index (χ0v) is 3.96. The van der Waals surface area contributed by atoms with Crippen LogP contribution < -0.4 is 11.0 Å². The van der Waals surface area contributed by atoms with E-state index in [0.717, 1.165) is 5.01 Å². The molecule has 3 N–H and O–H groups in total. The first-order valence-electron chi connectivity index (χ1n) is 2.01. The van der Waals surface area contributed by atoms with Crippen LogP contribution in [0.2, 0.25) is 0 Å². The lowest BCUT2D eigenvalue weighted by Crippen LogP contribution is -2.38. The first-order chi connectivity index (χ1) is 3.80. The van der Waals surface area contributed by atoms with E-state index in [1.54, 1.807) is 0 Å². The maximum atomic E-state index is 9.97. The number of hydrogen-bond acceptors (Lipinski definition) is 3. The summed E-state index contributed by atoms with van der Waals surface area (Å²) in [5.74, 6) is 0. The van der Waals surface area contributed by atoms with Crippen LogP contribution in [0, 0.1) is 0 Å². The van der Waals surface area contributed by atoms with Crippen molar-refractivity contribution >= 4 is 6.09 Å². The highest BCUT2D eigenvalue weighted by Gasteiger charge is 2.08. The second kappa shape index (κ2) is 1.71. The molecule has 0 unspecified atom stereocenters.